The molecule has 0 aliphatic carbocycles. The first kappa shape index (κ1) is 11.9. The molecule has 0 aliphatic rings. The molecule has 1 unspecified atom stereocenters. The highest BCUT2D eigenvalue weighted by molar-refractivity contribution is 7.09. The van der Waals surface area contributed by atoms with Crippen molar-refractivity contribution in [2.24, 2.45) is 5.73 Å². The summed E-state index contributed by atoms with van der Waals surface area (Å²) < 4.78 is 0. The number of rotatable bonds is 3. The zero-order valence-corrected chi connectivity index (χ0v) is 8.75. The molecule has 0 saturated heterocycles. The highest BCUT2D eigenvalue weighted by atomic mass is 35.5. The van der Waals surface area contributed by atoms with Crippen molar-refractivity contribution in [3.8, 4) is 0 Å². The summed E-state index contributed by atoms with van der Waals surface area (Å²) in [6.07, 6.45) is 1.66. The number of aromatic nitrogens is 1. The third-order valence-corrected chi connectivity index (χ3v) is 2.51. The van der Waals surface area contributed by atoms with Gasteiger partial charge in [0, 0.05) is 5.38 Å². The van der Waals surface area contributed by atoms with E-state index < -0.39 is 0 Å². The Morgan fingerprint density at radius 1 is 1.83 bits per heavy atom. The second-order valence-electron chi connectivity index (χ2n) is 2.07. The van der Waals surface area contributed by atoms with Crippen LogP contribution in [0, 0.1) is 0 Å². The van der Waals surface area contributed by atoms with Crippen LogP contribution in [-0.4, -0.2) is 4.98 Å². The van der Waals surface area contributed by atoms with Crippen LogP contribution in [0.2, 0.25) is 0 Å². The molecule has 0 saturated carbocycles. The van der Waals surface area contributed by atoms with E-state index in [0.29, 0.717) is 5.88 Å². The fraction of sp³-hybridized carbons (Fsp3) is 0.286. The minimum absolute atomic E-state index is 0. The predicted molar refractivity (Wildman–Crippen MR) is 56.0 cm³/mol. The molecule has 0 fully saturated rings. The van der Waals surface area contributed by atoms with Crippen LogP contribution in [0.1, 0.15) is 16.7 Å². The van der Waals surface area contributed by atoms with E-state index in [9.17, 15) is 0 Å². The molecule has 1 heterocycles. The molecule has 0 spiro atoms. The van der Waals surface area contributed by atoms with Crippen molar-refractivity contribution < 1.29 is 0 Å². The van der Waals surface area contributed by atoms with E-state index in [1.54, 1.807) is 6.08 Å². The van der Waals surface area contributed by atoms with E-state index in [-0.39, 0.29) is 18.4 Å². The number of alkyl halides is 1. The Kier molecular flexibility index (Phi) is 5.50. The highest BCUT2D eigenvalue weighted by Gasteiger charge is 2.05. The largest absolute Gasteiger partial charge is 0.319 e. The lowest BCUT2D eigenvalue weighted by Crippen LogP contribution is -2.05. The van der Waals surface area contributed by atoms with Gasteiger partial charge in [0.15, 0.2) is 0 Å². The second-order valence-corrected chi connectivity index (χ2v) is 3.23. The predicted octanol–water partition coefficient (Wildman–Crippen LogP) is 2.49. The van der Waals surface area contributed by atoms with E-state index in [2.05, 4.69) is 11.6 Å². The van der Waals surface area contributed by atoms with Crippen molar-refractivity contribution in [3.63, 3.8) is 0 Å². The van der Waals surface area contributed by atoms with Crippen molar-refractivity contribution in [2.45, 2.75) is 11.9 Å². The summed E-state index contributed by atoms with van der Waals surface area (Å²) in [5.41, 5.74) is 6.53. The summed E-state index contributed by atoms with van der Waals surface area (Å²) in [6.45, 7) is 3.58. The van der Waals surface area contributed by atoms with Gasteiger partial charge in [-0.25, -0.2) is 4.98 Å². The number of thiazole rings is 1. The van der Waals surface area contributed by atoms with Crippen LogP contribution in [0.3, 0.4) is 0 Å². The third-order valence-electron chi connectivity index (χ3n) is 1.25. The minimum Gasteiger partial charge on any atom is -0.319 e. The Bertz CT molecular complexity index is 249. The maximum absolute atomic E-state index is 5.65. The van der Waals surface area contributed by atoms with Crippen molar-refractivity contribution in [1.29, 1.82) is 0 Å². The zero-order chi connectivity index (χ0) is 8.27. The molecule has 0 aliphatic heterocycles. The zero-order valence-electron chi connectivity index (χ0n) is 6.37. The van der Waals surface area contributed by atoms with Gasteiger partial charge < -0.3 is 5.73 Å². The van der Waals surface area contributed by atoms with E-state index in [1.807, 2.05) is 5.38 Å². The fourth-order valence-corrected chi connectivity index (χ4v) is 1.68. The van der Waals surface area contributed by atoms with Crippen LogP contribution in [0.5, 0.6) is 0 Å². The standard InChI is InChI=1S/C7H9ClN2S.ClH/c1-2-6(9)7-10-5(3-8)4-11-7;/h2,4,6H,1,3,9H2;1H. The highest BCUT2D eigenvalue weighted by Crippen LogP contribution is 2.17. The van der Waals surface area contributed by atoms with E-state index in [0.717, 1.165) is 10.7 Å². The van der Waals surface area contributed by atoms with Crippen LogP contribution >= 0.6 is 35.3 Å². The maximum Gasteiger partial charge on any atom is 0.114 e. The quantitative estimate of drug-likeness (QED) is 0.634. The second kappa shape index (κ2) is 5.54. The van der Waals surface area contributed by atoms with Crippen molar-refractivity contribution in [1.82, 2.24) is 4.98 Å². The molecule has 0 bridgehead atoms. The van der Waals surface area contributed by atoms with Gasteiger partial charge in [-0.05, 0) is 0 Å². The molecule has 1 rings (SSSR count). The number of halogens is 2. The molecule has 5 heteroatoms. The van der Waals surface area contributed by atoms with E-state index in [1.165, 1.54) is 11.3 Å². The molecule has 68 valence electrons. The lowest BCUT2D eigenvalue weighted by molar-refractivity contribution is 0.888. The van der Waals surface area contributed by atoms with Gasteiger partial charge in [-0.3, -0.25) is 0 Å². The van der Waals surface area contributed by atoms with Crippen LogP contribution < -0.4 is 5.73 Å². The van der Waals surface area contributed by atoms with Crippen LogP contribution in [-0.2, 0) is 5.88 Å². The summed E-state index contributed by atoms with van der Waals surface area (Å²) in [5.74, 6) is 0.445. The topological polar surface area (TPSA) is 38.9 Å². The Labute approximate surface area is 86.9 Å². The molecule has 2 N–H and O–H groups in total. The maximum atomic E-state index is 5.65. The average molecular weight is 225 g/mol. The summed E-state index contributed by atoms with van der Waals surface area (Å²) in [5, 5.41) is 2.78. The summed E-state index contributed by atoms with van der Waals surface area (Å²) in [4.78, 5) is 4.19. The molecule has 0 radical (unpaired) electrons. The van der Waals surface area contributed by atoms with Gasteiger partial charge in [0.1, 0.15) is 5.01 Å². The van der Waals surface area contributed by atoms with Crippen molar-refractivity contribution >= 4 is 35.3 Å². The Morgan fingerprint density at radius 2 is 2.50 bits per heavy atom. The molecule has 1 aromatic rings. The van der Waals surface area contributed by atoms with Crippen molar-refractivity contribution in [2.75, 3.05) is 0 Å². The van der Waals surface area contributed by atoms with E-state index >= 15 is 0 Å². The average Bonchev–Trinajstić information content (AvgIpc) is 2.50. The minimum atomic E-state index is -0.156. The summed E-state index contributed by atoms with van der Waals surface area (Å²) in [6, 6.07) is -0.156. The number of hydrogen-bond acceptors (Lipinski definition) is 3. The van der Waals surface area contributed by atoms with Gasteiger partial charge in [-0.2, -0.15) is 0 Å². The Morgan fingerprint density at radius 3 is 2.92 bits per heavy atom. The first-order valence-electron chi connectivity index (χ1n) is 3.16. The lowest BCUT2D eigenvalue weighted by Gasteiger charge is -1.97. The molecular weight excluding hydrogens is 215 g/mol. The summed E-state index contributed by atoms with van der Waals surface area (Å²) >= 11 is 7.08. The summed E-state index contributed by atoms with van der Waals surface area (Å²) in [7, 11) is 0. The van der Waals surface area contributed by atoms with Crippen molar-refractivity contribution in [3.05, 3.63) is 28.7 Å². The molecule has 0 aromatic carbocycles. The van der Waals surface area contributed by atoms with Crippen LogP contribution in [0.15, 0.2) is 18.0 Å². The number of hydrogen-bond donors (Lipinski definition) is 1. The fourth-order valence-electron chi connectivity index (χ4n) is 0.638. The van der Waals surface area contributed by atoms with Crippen LogP contribution in [0.25, 0.3) is 0 Å². The first-order valence-corrected chi connectivity index (χ1v) is 4.57. The number of nitrogens with zero attached hydrogens (tertiary/aromatic N) is 1. The first-order chi connectivity index (χ1) is 5.27. The van der Waals surface area contributed by atoms with Gasteiger partial charge in [0.2, 0.25) is 0 Å². The normalized spacial score (nSPS) is 11.8. The van der Waals surface area contributed by atoms with Gasteiger partial charge in [-0.1, -0.05) is 6.08 Å². The van der Waals surface area contributed by atoms with Gasteiger partial charge in [-0.15, -0.1) is 41.9 Å². The Balaban J connectivity index is 0.00000121. The monoisotopic (exact) mass is 224 g/mol. The van der Waals surface area contributed by atoms with Gasteiger partial charge in [0.25, 0.3) is 0 Å². The van der Waals surface area contributed by atoms with Gasteiger partial charge in [0.05, 0.1) is 17.6 Å². The smallest absolute Gasteiger partial charge is 0.114 e. The molecule has 1 aromatic heterocycles. The molecule has 12 heavy (non-hydrogen) atoms. The van der Waals surface area contributed by atoms with Crippen LogP contribution in [0.4, 0.5) is 0 Å². The molecule has 2 nitrogen and oxygen atoms in total. The number of nitrogens with two attached hydrogens (primary N) is 1. The van der Waals surface area contributed by atoms with E-state index in [4.69, 9.17) is 17.3 Å². The molecular formula is C7H10Cl2N2S. The van der Waals surface area contributed by atoms with Gasteiger partial charge >= 0.3 is 0 Å². The molecule has 1 atom stereocenters. The molecule has 0 amide bonds. The SMILES string of the molecule is C=CC(N)c1nc(CCl)cs1.Cl. The lowest BCUT2D eigenvalue weighted by atomic mass is 10.3. The Hall–Kier alpha value is -0.0900. The third kappa shape index (κ3) is 2.75.